The summed E-state index contributed by atoms with van der Waals surface area (Å²) in [5.41, 5.74) is 5.50. The highest BCUT2D eigenvalue weighted by atomic mass is 19.1. The Morgan fingerprint density at radius 2 is 2.00 bits per heavy atom. The number of aromatic nitrogens is 2. The molecule has 1 saturated heterocycles. The van der Waals surface area contributed by atoms with Crippen LogP contribution in [0.3, 0.4) is 0 Å². The molecular weight excluding hydrogens is 393 g/mol. The van der Waals surface area contributed by atoms with E-state index in [0.29, 0.717) is 29.9 Å². The third kappa shape index (κ3) is 3.33. The topological polar surface area (TPSA) is 118 Å². The number of nitrogens with zero attached hydrogens (tertiary/aromatic N) is 3. The Labute approximate surface area is 172 Å². The minimum atomic E-state index is -0.739. The minimum absolute atomic E-state index is 0.0367. The van der Waals surface area contributed by atoms with Crippen LogP contribution in [0.15, 0.2) is 15.7 Å². The lowest BCUT2D eigenvalue weighted by Gasteiger charge is -2.25. The summed E-state index contributed by atoms with van der Waals surface area (Å²) in [6.45, 7) is 1.74. The maximum Gasteiger partial charge on any atom is 0.350 e. The number of nitrogen functional groups attached to an aromatic ring is 1. The number of hydrogen-bond acceptors (Lipinski definition) is 7. The van der Waals surface area contributed by atoms with Crippen molar-refractivity contribution in [2.45, 2.75) is 37.8 Å². The van der Waals surface area contributed by atoms with Crippen LogP contribution in [0, 0.1) is 11.7 Å². The van der Waals surface area contributed by atoms with Gasteiger partial charge in [0.1, 0.15) is 11.2 Å². The van der Waals surface area contributed by atoms with E-state index >= 15 is 4.39 Å². The van der Waals surface area contributed by atoms with E-state index in [1.54, 1.807) is 7.11 Å². The number of fused-ring (bicyclic) bond motifs is 1. The summed E-state index contributed by atoms with van der Waals surface area (Å²) in [6, 6.07) is 1.03. The second kappa shape index (κ2) is 7.92. The van der Waals surface area contributed by atoms with Gasteiger partial charge in [0.15, 0.2) is 11.6 Å². The van der Waals surface area contributed by atoms with Gasteiger partial charge in [-0.2, -0.15) is 4.68 Å². The number of halogens is 1. The molecule has 1 saturated carbocycles. The molecule has 0 radical (unpaired) electrons. The van der Waals surface area contributed by atoms with Gasteiger partial charge in [0.25, 0.3) is 5.56 Å². The van der Waals surface area contributed by atoms with Crippen LogP contribution < -0.4 is 32.5 Å². The second-order valence-corrected chi connectivity index (χ2v) is 8.14. The fourth-order valence-corrected chi connectivity index (χ4v) is 4.43. The molecule has 9 nitrogen and oxygen atoms in total. The van der Waals surface area contributed by atoms with Gasteiger partial charge >= 0.3 is 5.69 Å². The normalized spacial score (nSPS) is 20.1. The number of hydrogen-bond donors (Lipinski definition) is 2. The standard InChI is InChI=1S/C20H28FN5O4/c1-29-8-6-15(22)11-5-7-24(10-11)17-14(21)9-13-16(18(17)30-2)25(12-3-4-12)20(28)26(23)19(13)27/h9,11-12,15H,3-8,10,22-23H2,1-2H3/t11-,15+/m0/s1. The summed E-state index contributed by atoms with van der Waals surface area (Å²) in [5.74, 6) is 5.48. The van der Waals surface area contributed by atoms with Crippen molar-refractivity contribution in [1.82, 2.24) is 9.24 Å². The number of nitrogens with two attached hydrogens (primary N) is 2. The molecule has 0 unspecified atom stereocenters. The Balaban J connectivity index is 1.83. The molecule has 164 valence electrons. The molecule has 2 aromatic rings. The van der Waals surface area contributed by atoms with E-state index in [1.807, 2.05) is 4.90 Å². The lowest BCUT2D eigenvalue weighted by atomic mass is 9.97. The summed E-state index contributed by atoms with van der Waals surface area (Å²) < 4.78 is 28.0. The molecule has 2 heterocycles. The zero-order valence-corrected chi connectivity index (χ0v) is 17.3. The molecule has 1 aromatic carbocycles. The molecule has 0 spiro atoms. The number of rotatable bonds is 7. The van der Waals surface area contributed by atoms with Crippen molar-refractivity contribution in [2.75, 3.05) is 44.7 Å². The van der Waals surface area contributed by atoms with E-state index in [-0.39, 0.29) is 34.8 Å². The first-order valence-corrected chi connectivity index (χ1v) is 10.2. The van der Waals surface area contributed by atoms with Gasteiger partial charge in [-0.25, -0.2) is 9.18 Å². The Morgan fingerprint density at radius 1 is 1.27 bits per heavy atom. The maximum absolute atomic E-state index is 15.3. The highest BCUT2D eigenvalue weighted by Gasteiger charge is 2.35. The van der Waals surface area contributed by atoms with Gasteiger partial charge in [-0.3, -0.25) is 9.36 Å². The molecular formula is C20H28FN5O4. The van der Waals surface area contributed by atoms with Gasteiger partial charge < -0.3 is 25.9 Å². The van der Waals surface area contributed by atoms with Crippen molar-refractivity contribution < 1.29 is 13.9 Å². The summed E-state index contributed by atoms with van der Waals surface area (Å²) in [4.78, 5) is 27.2. The Hall–Kier alpha value is -2.59. The van der Waals surface area contributed by atoms with Crippen LogP contribution in [0.1, 0.15) is 31.7 Å². The van der Waals surface area contributed by atoms with Crippen LogP contribution in [-0.2, 0) is 4.74 Å². The van der Waals surface area contributed by atoms with E-state index in [0.717, 1.165) is 31.7 Å². The average molecular weight is 421 g/mol. The van der Waals surface area contributed by atoms with Gasteiger partial charge in [-0.05, 0) is 37.7 Å². The molecule has 4 rings (SSSR count). The molecule has 2 atom stereocenters. The smallest absolute Gasteiger partial charge is 0.350 e. The fraction of sp³-hybridized carbons (Fsp3) is 0.600. The molecule has 4 N–H and O–H groups in total. The number of ether oxygens (including phenoxy) is 2. The summed E-state index contributed by atoms with van der Waals surface area (Å²) >= 11 is 0. The molecule has 2 aliphatic rings. The van der Waals surface area contributed by atoms with E-state index in [4.69, 9.17) is 21.1 Å². The zero-order chi connectivity index (χ0) is 21.6. The maximum atomic E-state index is 15.3. The van der Waals surface area contributed by atoms with Gasteiger partial charge in [0, 0.05) is 38.9 Å². The Morgan fingerprint density at radius 3 is 2.63 bits per heavy atom. The molecule has 30 heavy (non-hydrogen) atoms. The van der Waals surface area contributed by atoms with Crippen molar-refractivity contribution >= 4 is 16.6 Å². The predicted octanol–water partition coefficient (Wildman–Crippen LogP) is 0.550. The first-order chi connectivity index (χ1) is 14.4. The molecule has 10 heteroatoms. The monoisotopic (exact) mass is 421 g/mol. The number of anilines is 1. The number of benzene rings is 1. The highest BCUT2D eigenvalue weighted by Crippen LogP contribution is 2.43. The van der Waals surface area contributed by atoms with E-state index < -0.39 is 17.1 Å². The largest absolute Gasteiger partial charge is 0.492 e. The second-order valence-electron chi connectivity index (χ2n) is 8.14. The average Bonchev–Trinajstić information content (AvgIpc) is 3.45. The van der Waals surface area contributed by atoms with Gasteiger partial charge in [0.2, 0.25) is 0 Å². The third-order valence-corrected chi connectivity index (χ3v) is 6.20. The van der Waals surface area contributed by atoms with Gasteiger partial charge in [-0.1, -0.05) is 0 Å². The SMILES string of the molecule is COCC[C@@H](N)[C@H]1CCN(c2c(F)cc3c(=O)n(N)c(=O)n(C4CC4)c3c2OC)C1. The van der Waals surface area contributed by atoms with E-state index in [1.165, 1.54) is 11.7 Å². The molecule has 1 aromatic heterocycles. The van der Waals surface area contributed by atoms with Crippen LogP contribution in [0.5, 0.6) is 5.75 Å². The van der Waals surface area contributed by atoms with Crippen LogP contribution in [0.2, 0.25) is 0 Å². The lowest BCUT2D eigenvalue weighted by Crippen LogP contribution is -2.44. The summed E-state index contributed by atoms with van der Waals surface area (Å²) in [5, 5.41) is 0.0367. The first-order valence-electron chi connectivity index (χ1n) is 10.2. The minimum Gasteiger partial charge on any atom is -0.492 e. The van der Waals surface area contributed by atoms with Crippen LogP contribution in [0.25, 0.3) is 10.9 Å². The van der Waals surface area contributed by atoms with E-state index in [2.05, 4.69) is 0 Å². The van der Waals surface area contributed by atoms with Crippen molar-refractivity contribution in [2.24, 2.45) is 11.7 Å². The van der Waals surface area contributed by atoms with E-state index in [9.17, 15) is 9.59 Å². The van der Waals surface area contributed by atoms with Crippen molar-refractivity contribution in [1.29, 1.82) is 0 Å². The quantitative estimate of drug-likeness (QED) is 0.627. The van der Waals surface area contributed by atoms with Gasteiger partial charge in [-0.15, -0.1) is 0 Å². The summed E-state index contributed by atoms with van der Waals surface area (Å²) in [6.07, 6.45) is 3.13. The van der Waals surface area contributed by atoms with Crippen LogP contribution in [-0.4, -0.2) is 49.2 Å². The predicted molar refractivity (Wildman–Crippen MR) is 112 cm³/mol. The number of methoxy groups -OCH3 is 2. The third-order valence-electron chi connectivity index (χ3n) is 6.20. The summed E-state index contributed by atoms with van der Waals surface area (Å²) in [7, 11) is 3.06. The van der Waals surface area contributed by atoms with Crippen molar-refractivity contribution in [3.63, 3.8) is 0 Å². The van der Waals surface area contributed by atoms with Crippen LogP contribution >= 0.6 is 0 Å². The van der Waals surface area contributed by atoms with Gasteiger partial charge in [0.05, 0.1) is 12.5 Å². The Bertz CT molecular complexity index is 1080. The lowest BCUT2D eigenvalue weighted by molar-refractivity contribution is 0.180. The first kappa shape index (κ1) is 20.7. The fourth-order valence-electron chi connectivity index (χ4n) is 4.43. The molecule has 1 aliphatic carbocycles. The zero-order valence-electron chi connectivity index (χ0n) is 17.3. The molecule has 1 aliphatic heterocycles. The molecule has 0 amide bonds. The Kier molecular flexibility index (Phi) is 5.46. The molecule has 2 fully saturated rings. The van der Waals surface area contributed by atoms with Crippen LogP contribution in [0.4, 0.5) is 10.1 Å². The molecule has 0 bridgehead atoms. The van der Waals surface area contributed by atoms with Crippen molar-refractivity contribution in [3.05, 3.63) is 32.7 Å². The van der Waals surface area contributed by atoms with Crippen molar-refractivity contribution in [3.8, 4) is 5.75 Å². The highest BCUT2D eigenvalue weighted by molar-refractivity contribution is 5.91.